The molecular weight excluding hydrogens is 242 g/mol. The Morgan fingerprint density at radius 3 is 2.53 bits per heavy atom. The van der Waals surface area contributed by atoms with Crippen LogP contribution in [0.5, 0.6) is 5.75 Å². The second-order valence-corrected chi connectivity index (χ2v) is 4.07. The quantitative estimate of drug-likeness (QED) is 0.676. The second kappa shape index (κ2) is 6.02. The summed E-state index contributed by atoms with van der Waals surface area (Å²) in [5, 5.41) is 2.81. The van der Waals surface area contributed by atoms with E-state index < -0.39 is 0 Å². The predicted octanol–water partition coefficient (Wildman–Crippen LogP) is 3.19. The third kappa shape index (κ3) is 3.33. The van der Waals surface area contributed by atoms with Crippen LogP contribution < -0.4 is 10.2 Å². The van der Waals surface area contributed by atoms with Crippen molar-refractivity contribution in [3.8, 4) is 5.75 Å². The Bertz CT molecular complexity index is 567. The minimum Gasteiger partial charge on any atom is -0.336 e. The maximum Gasteiger partial charge on any atom is 0.255 e. The van der Waals surface area contributed by atoms with E-state index in [1.54, 1.807) is 18.2 Å². The van der Waals surface area contributed by atoms with Crippen molar-refractivity contribution >= 4 is 11.6 Å². The topological polar surface area (TPSA) is 47.6 Å². The Kier molecular flexibility index (Phi) is 4.15. The number of amides is 1. The molecule has 0 atom stereocenters. The molecule has 0 saturated heterocycles. The number of anilines is 1. The highest BCUT2D eigenvalue weighted by molar-refractivity contribution is 6.05. The van der Waals surface area contributed by atoms with Crippen LogP contribution in [-0.2, 0) is 4.89 Å². The fourth-order valence-electron chi connectivity index (χ4n) is 1.69. The molecule has 0 aliphatic carbocycles. The second-order valence-electron chi connectivity index (χ2n) is 4.07. The number of hydrogen-bond acceptors (Lipinski definition) is 3. The van der Waals surface area contributed by atoms with Crippen molar-refractivity contribution in [2.24, 2.45) is 0 Å². The molecule has 0 aliphatic heterocycles. The zero-order valence-corrected chi connectivity index (χ0v) is 10.8. The molecule has 0 spiro atoms. The molecular formula is C15H15NO3. The summed E-state index contributed by atoms with van der Waals surface area (Å²) in [6.07, 6.45) is 0. The van der Waals surface area contributed by atoms with Gasteiger partial charge in [0.15, 0.2) is 5.75 Å². The average molecular weight is 257 g/mol. The summed E-state index contributed by atoms with van der Waals surface area (Å²) in [7, 11) is 1.42. The van der Waals surface area contributed by atoms with Crippen molar-refractivity contribution in [3.05, 3.63) is 59.7 Å². The Hall–Kier alpha value is -2.33. The molecule has 0 bridgehead atoms. The predicted molar refractivity (Wildman–Crippen MR) is 73.2 cm³/mol. The zero-order valence-electron chi connectivity index (χ0n) is 10.8. The molecule has 1 amide bonds. The maximum absolute atomic E-state index is 12.1. The third-order valence-electron chi connectivity index (χ3n) is 2.59. The normalized spacial score (nSPS) is 10.0. The van der Waals surface area contributed by atoms with E-state index >= 15 is 0 Å². The number of benzene rings is 2. The molecule has 2 aromatic carbocycles. The first-order valence-corrected chi connectivity index (χ1v) is 5.88. The maximum atomic E-state index is 12.1. The SMILES string of the molecule is COOc1ccc(C)cc1NC(=O)c1ccccc1. The van der Waals surface area contributed by atoms with Gasteiger partial charge in [-0.05, 0) is 36.8 Å². The number of rotatable bonds is 4. The molecule has 0 radical (unpaired) electrons. The largest absolute Gasteiger partial charge is 0.336 e. The van der Waals surface area contributed by atoms with Gasteiger partial charge in [-0.3, -0.25) is 4.79 Å². The van der Waals surface area contributed by atoms with Gasteiger partial charge in [-0.2, -0.15) is 4.89 Å². The molecule has 2 aromatic rings. The molecule has 98 valence electrons. The summed E-state index contributed by atoms with van der Waals surface area (Å²) in [6.45, 7) is 1.94. The lowest BCUT2D eigenvalue weighted by Gasteiger charge is -2.11. The molecule has 0 heterocycles. The van der Waals surface area contributed by atoms with Gasteiger partial charge in [0.1, 0.15) is 0 Å². The van der Waals surface area contributed by atoms with Gasteiger partial charge >= 0.3 is 0 Å². The van der Waals surface area contributed by atoms with E-state index in [9.17, 15) is 4.79 Å². The molecule has 4 nitrogen and oxygen atoms in total. The van der Waals surface area contributed by atoms with Crippen LogP contribution >= 0.6 is 0 Å². The number of aryl methyl sites for hydroxylation is 1. The van der Waals surface area contributed by atoms with Crippen molar-refractivity contribution in [3.63, 3.8) is 0 Å². The molecule has 0 fully saturated rings. The monoisotopic (exact) mass is 257 g/mol. The molecule has 0 aliphatic rings. The van der Waals surface area contributed by atoms with E-state index in [2.05, 4.69) is 10.2 Å². The summed E-state index contributed by atoms with van der Waals surface area (Å²) in [6, 6.07) is 14.5. The average Bonchev–Trinajstić information content (AvgIpc) is 2.43. The van der Waals surface area contributed by atoms with Crippen LogP contribution in [-0.4, -0.2) is 13.0 Å². The highest BCUT2D eigenvalue weighted by atomic mass is 17.2. The summed E-state index contributed by atoms with van der Waals surface area (Å²) < 4.78 is 0. The molecule has 4 heteroatoms. The molecule has 0 aromatic heterocycles. The first-order valence-electron chi connectivity index (χ1n) is 5.88. The minimum absolute atomic E-state index is 0.188. The highest BCUT2D eigenvalue weighted by Gasteiger charge is 2.10. The van der Waals surface area contributed by atoms with E-state index in [0.717, 1.165) is 5.56 Å². The van der Waals surface area contributed by atoms with Crippen molar-refractivity contribution < 1.29 is 14.6 Å². The van der Waals surface area contributed by atoms with E-state index in [-0.39, 0.29) is 5.91 Å². The Labute approximate surface area is 111 Å². The lowest BCUT2D eigenvalue weighted by Crippen LogP contribution is -2.12. The van der Waals surface area contributed by atoms with Crippen LogP contribution in [0.1, 0.15) is 15.9 Å². The van der Waals surface area contributed by atoms with Gasteiger partial charge in [0, 0.05) is 5.56 Å². The van der Waals surface area contributed by atoms with Crippen LogP contribution in [0.2, 0.25) is 0 Å². The standard InChI is InChI=1S/C15H15NO3/c1-11-8-9-14(19-18-2)13(10-11)16-15(17)12-6-4-3-5-7-12/h3-10H,1-2H3,(H,16,17). The smallest absolute Gasteiger partial charge is 0.255 e. The van der Waals surface area contributed by atoms with Crippen LogP contribution in [0, 0.1) is 6.92 Å². The highest BCUT2D eigenvalue weighted by Crippen LogP contribution is 2.26. The number of carbonyl (C=O) groups excluding carboxylic acids is 1. The lowest BCUT2D eigenvalue weighted by molar-refractivity contribution is -0.177. The van der Waals surface area contributed by atoms with Gasteiger partial charge in [-0.25, -0.2) is 0 Å². The molecule has 0 unspecified atom stereocenters. The lowest BCUT2D eigenvalue weighted by atomic mass is 10.2. The minimum atomic E-state index is -0.188. The number of hydrogen-bond donors (Lipinski definition) is 1. The van der Waals surface area contributed by atoms with E-state index in [1.165, 1.54) is 7.11 Å². The fraction of sp³-hybridized carbons (Fsp3) is 0.133. The summed E-state index contributed by atoms with van der Waals surface area (Å²) in [5.74, 6) is 0.282. The van der Waals surface area contributed by atoms with Gasteiger partial charge in [-0.15, -0.1) is 0 Å². The molecule has 0 saturated carbocycles. The van der Waals surface area contributed by atoms with E-state index in [4.69, 9.17) is 4.89 Å². The number of carbonyl (C=O) groups is 1. The van der Waals surface area contributed by atoms with Crippen molar-refractivity contribution in [1.82, 2.24) is 0 Å². The summed E-state index contributed by atoms with van der Waals surface area (Å²) in [5.41, 5.74) is 2.19. The summed E-state index contributed by atoms with van der Waals surface area (Å²) >= 11 is 0. The van der Waals surface area contributed by atoms with Crippen molar-refractivity contribution in [2.75, 3.05) is 12.4 Å². The first-order chi connectivity index (χ1) is 9.20. The zero-order chi connectivity index (χ0) is 13.7. The molecule has 1 N–H and O–H groups in total. The van der Waals surface area contributed by atoms with Gasteiger partial charge in [0.25, 0.3) is 5.91 Å². The Morgan fingerprint density at radius 1 is 1.11 bits per heavy atom. The van der Waals surface area contributed by atoms with Gasteiger partial charge in [0.05, 0.1) is 12.8 Å². The fourth-order valence-corrected chi connectivity index (χ4v) is 1.69. The first kappa shape index (κ1) is 13.1. The van der Waals surface area contributed by atoms with Gasteiger partial charge in [-0.1, -0.05) is 24.3 Å². The van der Waals surface area contributed by atoms with Gasteiger partial charge in [0.2, 0.25) is 0 Å². The van der Waals surface area contributed by atoms with Crippen LogP contribution in [0.25, 0.3) is 0 Å². The Morgan fingerprint density at radius 2 is 1.84 bits per heavy atom. The molecule has 2 rings (SSSR count). The van der Waals surface area contributed by atoms with Crippen LogP contribution in [0.15, 0.2) is 48.5 Å². The third-order valence-corrected chi connectivity index (χ3v) is 2.59. The van der Waals surface area contributed by atoms with E-state index in [0.29, 0.717) is 17.0 Å². The Balaban J connectivity index is 2.23. The van der Waals surface area contributed by atoms with Crippen molar-refractivity contribution in [2.45, 2.75) is 6.92 Å². The van der Waals surface area contributed by atoms with Crippen LogP contribution in [0.4, 0.5) is 5.69 Å². The molecule has 19 heavy (non-hydrogen) atoms. The van der Waals surface area contributed by atoms with E-state index in [1.807, 2.05) is 37.3 Å². The van der Waals surface area contributed by atoms with Crippen molar-refractivity contribution in [1.29, 1.82) is 0 Å². The number of nitrogens with one attached hydrogen (secondary N) is 1. The van der Waals surface area contributed by atoms with Crippen LogP contribution in [0.3, 0.4) is 0 Å². The summed E-state index contributed by atoms with van der Waals surface area (Å²) in [4.78, 5) is 21.7. The van der Waals surface area contributed by atoms with Gasteiger partial charge < -0.3 is 10.2 Å².